The highest BCUT2D eigenvalue weighted by molar-refractivity contribution is 5.88. The Morgan fingerprint density at radius 3 is 2.41 bits per heavy atom. The SMILES string of the molecule is C=C(C)C(=O)OCC(=O)OC1CCC(O)CC1. The molecule has 0 aromatic carbocycles. The Labute approximate surface area is 100 Å². The lowest BCUT2D eigenvalue weighted by molar-refractivity contribution is -0.162. The zero-order valence-corrected chi connectivity index (χ0v) is 9.98. The lowest BCUT2D eigenvalue weighted by Gasteiger charge is -2.25. The molecule has 1 aliphatic carbocycles. The van der Waals surface area contributed by atoms with E-state index in [1.54, 1.807) is 0 Å². The molecule has 0 unspecified atom stereocenters. The summed E-state index contributed by atoms with van der Waals surface area (Å²) < 4.78 is 9.78. The zero-order valence-electron chi connectivity index (χ0n) is 9.98. The molecule has 5 nitrogen and oxygen atoms in total. The van der Waals surface area contributed by atoms with Crippen molar-refractivity contribution >= 4 is 11.9 Å². The fourth-order valence-corrected chi connectivity index (χ4v) is 1.63. The summed E-state index contributed by atoms with van der Waals surface area (Å²) in [6.45, 7) is 4.53. The van der Waals surface area contributed by atoms with E-state index in [4.69, 9.17) is 4.74 Å². The highest BCUT2D eigenvalue weighted by Crippen LogP contribution is 2.21. The minimum absolute atomic E-state index is 0.172. The third kappa shape index (κ3) is 4.99. The summed E-state index contributed by atoms with van der Waals surface area (Å²) in [6, 6.07) is 0. The van der Waals surface area contributed by atoms with Gasteiger partial charge < -0.3 is 14.6 Å². The van der Waals surface area contributed by atoms with Crippen LogP contribution >= 0.6 is 0 Å². The molecule has 1 rings (SSSR count). The monoisotopic (exact) mass is 242 g/mol. The molecule has 0 radical (unpaired) electrons. The quantitative estimate of drug-likeness (QED) is 0.587. The van der Waals surface area contributed by atoms with Crippen LogP contribution in [0.5, 0.6) is 0 Å². The molecule has 1 aliphatic rings. The fourth-order valence-electron chi connectivity index (χ4n) is 1.63. The van der Waals surface area contributed by atoms with Crippen molar-refractivity contribution in [2.75, 3.05) is 6.61 Å². The van der Waals surface area contributed by atoms with Crippen molar-refractivity contribution in [1.29, 1.82) is 0 Å². The van der Waals surface area contributed by atoms with E-state index in [1.807, 2.05) is 0 Å². The van der Waals surface area contributed by atoms with Crippen molar-refractivity contribution in [3.05, 3.63) is 12.2 Å². The molecule has 0 saturated heterocycles. The van der Waals surface area contributed by atoms with Gasteiger partial charge in [0, 0.05) is 5.57 Å². The van der Waals surface area contributed by atoms with Crippen molar-refractivity contribution in [1.82, 2.24) is 0 Å². The summed E-state index contributed by atoms with van der Waals surface area (Å²) in [4.78, 5) is 22.3. The molecule has 17 heavy (non-hydrogen) atoms. The van der Waals surface area contributed by atoms with Gasteiger partial charge in [-0.05, 0) is 32.6 Å². The Bertz CT molecular complexity index is 302. The first-order valence-electron chi connectivity index (χ1n) is 5.69. The minimum atomic E-state index is -0.596. The number of esters is 2. The van der Waals surface area contributed by atoms with Crippen LogP contribution in [0.25, 0.3) is 0 Å². The molecule has 1 N–H and O–H groups in total. The highest BCUT2D eigenvalue weighted by Gasteiger charge is 2.22. The molecule has 0 heterocycles. The van der Waals surface area contributed by atoms with Gasteiger partial charge in [0.05, 0.1) is 6.10 Å². The van der Waals surface area contributed by atoms with Gasteiger partial charge in [0.1, 0.15) is 6.10 Å². The number of carbonyl (C=O) groups excluding carboxylic acids is 2. The van der Waals surface area contributed by atoms with Gasteiger partial charge in [0.15, 0.2) is 6.61 Å². The molecule has 1 saturated carbocycles. The maximum absolute atomic E-state index is 11.3. The van der Waals surface area contributed by atoms with Crippen LogP contribution in [0.2, 0.25) is 0 Å². The third-order valence-corrected chi connectivity index (χ3v) is 2.61. The van der Waals surface area contributed by atoms with E-state index in [0.717, 1.165) is 0 Å². The molecular formula is C12H18O5. The van der Waals surface area contributed by atoms with Crippen molar-refractivity contribution in [2.24, 2.45) is 0 Å². The van der Waals surface area contributed by atoms with Gasteiger partial charge >= 0.3 is 11.9 Å². The molecule has 0 amide bonds. The van der Waals surface area contributed by atoms with E-state index in [9.17, 15) is 14.7 Å². The van der Waals surface area contributed by atoms with Crippen LogP contribution < -0.4 is 0 Å². The molecular weight excluding hydrogens is 224 g/mol. The van der Waals surface area contributed by atoms with Gasteiger partial charge in [0.2, 0.25) is 0 Å². The van der Waals surface area contributed by atoms with E-state index in [0.29, 0.717) is 25.7 Å². The number of carbonyl (C=O) groups is 2. The topological polar surface area (TPSA) is 72.8 Å². The number of hydrogen-bond donors (Lipinski definition) is 1. The van der Waals surface area contributed by atoms with Crippen LogP contribution in [-0.4, -0.2) is 35.9 Å². The second-order valence-electron chi connectivity index (χ2n) is 4.28. The highest BCUT2D eigenvalue weighted by atomic mass is 16.6. The van der Waals surface area contributed by atoms with Crippen LogP contribution in [-0.2, 0) is 19.1 Å². The van der Waals surface area contributed by atoms with Crippen LogP contribution in [0.4, 0.5) is 0 Å². The third-order valence-electron chi connectivity index (χ3n) is 2.61. The summed E-state index contributed by atoms with van der Waals surface area (Å²) >= 11 is 0. The van der Waals surface area contributed by atoms with Gasteiger partial charge in [-0.1, -0.05) is 6.58 Å². The first kappa shape index (κ1) is 13.7. The van der Waals surface area contributed by atoms with E-state index in [1.165, 1.54) is 6.92 Å². The van der Waals surface area contributed by atoms with Gasteiger partial charge in [-0.3, -0.25) is 0 Å². The molecule has 0 aromatic rings. The van der Waals surface area contributed by atoms with E-state index in [2.05, 4.69) is 11.3 Å². The number of ether oxygens (including phenoxy) is 2. The van der Waals surface area contributed by atoms with Crippen LogP contribution in [0, 0.1) is 0 Å². The smallest absolute Gasteiger partial charge is 0.344 e. The standard InChI is InChI=1S/C12H18O5/c1-8(2)12(15)16-7-11(14)17-10-5-3-9(13)4-6-10/h9-10,13H,1,3-7H2,2H3. The first-order chi connectivity index (χ1) is 7.99. The predicted molar refractivity (Wildman–Crippen MR) is 60.1 cm³/mol. The maximum Gasteiger partial charge on any atom is 0.344 e. The number of aliphatic hydroxyl groups is 1. The molecule has 0 aliphatic heterocycles. The van der Waals surface area contributed by atoms with Gasteiger partial charge in [-0.25, -0.2) is 9.59 Å². The normalized spacial score (nSPS) is 23.9. The lowest BCUT2D eigenvalue weighted by atomic mass is 9.95. The molecule has 0 aromatic heterocycles. The van der Waals surface area contributed by atoms with Crippen molar-refractivity contribution in [3.63, 3.8) is 0 Å². The molecule has 0 atom stereocenters. The Morgan fingerprint density at radius 1 is 1.29 bits per heavy atom. The Balaban J connectivity index is 2.21. The summed E-state index contributed by atoms with van der Waals surface area (Å²) in [5, 5.41) is 9.28. The second-order valence-corrected chi connectivity index (χ2v) is 4.28. The summed E-state index contributed by atoms with van der Waals surface area (Å²) in [5.74, 6) is -1.15. The number of hydrogen-bond acceptors (Lipinski definition) is 5. The van der Waals surface area contributed by atoms with Crippen molar-refractivity contribution in [3.8, 4) is 0 Å². The van der Waals surface area contributed by atoms with Crippen molar-refractivity contribution < 1.29 is 24.2 Å². The average Bonchev–Trinajstić information content (AvgIpc) is 2.29. The molecule has 0 bridgehead atoms. The van der Waals surface area contributed by atoms with E-state index < -0.39 is 11.9 Å². The van der Waals surface area contributed by atoms with Crippen LogP contribution in [0.1, 0.15) is 32.6 Å². The summed E-state index contributed by atoms with van der Waals surface area (Å²) in [5.41, 5.74) is 0.249. The second kappa shape index (κ2) is 6.39. The molecule has 5 heteroatoms. The maximum atomic E-state index is 11.3. The van der Waals surface area contributed by atoms with Crippen molar-refractivity contribution in [2.45, 2.75) is 44.8 Å². The molecule has 96 valence electrons. The average molecular weight is 242 g/mol. The summed E-state index contributed by atoms with van der Waals surface area (Å²) in [7, 11) is 0. The molecule has 1 fully saturated rings. The van der Waals surface area contributed by atoms with Crippen LogP contribution in [0.15, 0.2) is 12.2 Å². The van der Waals surface area contributed by atoms with Gasteiger partial charge in [-0.2, -0.15) is 0 Å². The van der Waals surface area contributed by atoms with Gasteiger partial charge in [-0.15, -0.1) is 0 Å². The number of aliphatic hydroxyl groups excluding tert-OH is 1. The van der Waals surface area contributed by atoms with Gasteiger partial charge in [0.25, 0.3) is 0 Å². The first-order valence-corrected chi connectivity index (χ1v) is 5.69. The number of rotatable bonds is 4. The Hall–Kier alpha value is -1.36. The summed E-state index contributed by atoms with van der Waals surface area (Å²) in [6.07, 6.45) is 2.14. The van der Waals surface area contributed by atoms with E-state index in [-0.39, 0.29) is 24.4 Å². The Morgan fingerprint density at radius 2 is 1.88 bits per heavy atom. The van der Waals surface area contributed by atoms with E-state index >= 15 is 0 Å². The lowest BCUT2D eigenvalue weighted by Crippen LogP contribution is -2.28. The minimum Gasteiger partial charge on any atom is -0.460 e. The van der Waals surface area contributed by atoms with Crippen LogP contribution in [0.3, 0.4) is 0 Å². The predicted octanol–water partition coefficient (Wildman–Crippen LogP) is 0.952. The molecule has 0 spiro atoms. The fraction of sp³-hybridized carbons (Fsp3) is 0.667. The zero-order chi connectivity index (χ0) is 12.8. The largest absolute Gasteiger partial charge is 0.460 e. The Kier molecular flexibility index (Phi) is 5.15.